The molecule has 10 heteroatoms. The molecule has 1 N–H and O–H groups in total. The zero-order valence-electron chi connectivity index (χ0n) is 18.8. The number of ether oxygens (including phenoxy) is 3. The van der Waals surface area contributed by atoms with E-state index < -0.39 is 0 Å². The van der Waals surface area contributed by atoms with E-state index in [0.717, 1.165) is 31.4 Å². The van der Waals surface area contributed by atoms with Crippen LogP contribution in [-0.2, 0) is 16.0 Å². The molecule has 0 aliphatic carbocycles. The molecule has 1 unspecified atom stereocenters. The van der Waals surface area contributed by atoms with Gasteiger partial charge in [-0.2, -0.15) is 0 Å². The van der Waals surface area contributed by atoms with Gasteiger partial charge in [0.15, 0.2) is 12.0 Å². The van der Waals surface area contributed by atoms with Gasteiger partial charge in [0.05, 0.1) is 28.9 Å². The predicted octanol–water partition coefficient (Wildman–Crippen LogP) is 5.12. The van der Waals surface area contributed by atoms with Crippen LogP contribution in [-0.4, -0.2) is 47.0 Å². The standard InChI is InChI=1S/C24H26Cl2N4O4/c1-16-23(28-29-30(16)15-17-8-9-20(25)21(26)13-17)24(31)27-18-5-4-6-19(14-18)32-11-12-34-22-7-2-3-10-33-22/h4-6,8-9,13-14,22H,2-3,7,10-12,15H2,1H3,(H,27,31). The fourth-order valence-electron chi connectivity index (χ4n) is 3.57. The molecule has 1 fully saturated rings. The van der Waals surface area contributed by atoms with Gasteiger partial charge < -0.3 is 19.5 Å². The molecule has 1 aromatic heterocycles. The molecule has 0 bridgehead atoms. The molecule has 8 nitrogen and oxygen atoms in total. The van der Waals surface area contributed by atoms with Gasteiger partial charge in [-0.15, -0.1) is 5.10 Å². The largest absolute Gasteiger partial charge is 0.491 e. The minimum Gasteiger partial charge on any atom is -0.491 e. The number of hydrogen-bond acceptors (Lipinski definition) is 6. The highest BCUT2D eigenvalue weighted by Crippen LogP contribution is 2.23. The van der Waals surface area contributed by atoms with E-state index in [1.807, 2.05) is 18.2 Å². The first-order valence-corrected chi connectivity index (χ1v) is 11.9. The Labute approximate surface area is 208 Å². The van der Waals surface area contributed by atoms with Crippen molar-refractivity contribution in [1.82, 2.24) is 15.0 Å². The summed E-state index contributed by atoms with van der Waals surface area (Å²) in [5.74, 6) is 0.277. The minimum atomic E-state index is -0.354. The maximum Gasteiger partial charge on any atom is 0.278 e. The Kier molecular flexibility index (Phi) is 8.39. The summed E-state index contributed by atoms with van der Waals surface area (Å²) in [4.78, 5) is 12.8. The molecule has 0 saturated carbocycles. The quantitative estimate of drug-likeness (QED) is 0.407. The van der Waals surface area contributed by atoms with Crippen LogP contribution in [0.2, 0.25) is 10.0 Å². The molecule has 1 atom stereocenters. The van der Waals surface area contributed by atoms with Gasteiger partial charge >= 0.3 is 0 Å². The predicted molar refractivity (Wildman–Crippen MR) is 130 cm³/mol. The van der Waals surface area contributed by atoms with Crippen LogP contribution in [0, 0.1) is 6.92 Å². The van der Waals surface area contributed by atoms with Gasteiger partial charge in [0, 0.05) is 18.4 Å². The third kappa shape index (κ3) is 6.48. The molecule has 0 spiro atoms. The van der Waals surface area contributed by atoms with Crippen LogP contribution >= 0.6 is 23.2 Å². The molecular formula is C24H26Cl2N4O4. The third-order valence-corrected chi connectivity index (χ3v) is 6.14. The number of carbonyl (C=O) groups excluding carboxylic acids is 1. The first kappa shape index (κ1) is 24.5. The zero-order valence-corrected chi connectivity index (χ0v) is 20.3. The van der Waals surface area contributed by atoms with E-state index in [2.05, 4.69) is 15.6 Å². The van der Waals surface area contributed by atoms with Crippen molar-refractivity contribution in [3.05, 3.63) is 69.5 Å². The Morgan fingerprint density at radius 1 is 1.18 bits per heavy atom. The number of amides is 1. The molecule has 1 amide bonds. The highest BCUT2D eigenvalue weighted by Gasteiger charge is 2.18. The minimum absolute atomic E-state index is 0.142. The Balaban J connectivity index is 1.31. The first-order chi connectivity index (χ1) is 16.5. The number of aromatic nitrogens is 3. The second-order valence-corrected chi connectivity index (χ2v) is 8.74. The van der Waals surface area contributed by atoms with Gasteiger partial charge in [0.2, 0.25) is 0 Å². The highest BCUT2D eigenvalue weighted by atomic mass is 35.5. The van der Waals surface area contributed by atoms with Crippen molar-refractivity contribution < 1.29 is 19.0 Å². The summed E-state index contributed by atoms with van der Waals surface area (Å²) in [7, 11) is 0. The molecule has 1 aliphatic rings. The van der Waals surface area contributed by atoms with E-state index >= 15 is 0 Å². The Bertz CT molecular complexity index is 1130. The highest BCUT2D eigenvalue weighted by molar-refractivity contribution is 6.42. The number of anilines is 1. The molecular weight excluding hydrogens is 479 g/mol. The maximum atomic E-state index is 12.8. The van der Waals surface area contributed by atoms with Gasteiger partial charge in [-0.3, -0.25) is 4.79 Å². The van der Waals surface area contributed by atoms with Crippen LogP contribution in [0.25, 0.3) is 0 Å². The zero-order chi connectivity index (χ0) is 23.9. The Morgan fingerprint density at radius 3 is 2.85 bits per heavy atom. The summed E-state index contributed by atoms with van der Waals surface area (Å²) < 4.78 is 18.6. The molecule has 3 aromatic rings. The summed E-state index contributed by atoms with van der Waals surface area (Å²) in [5, 5.41) is 12.0. The molecule has 1 aliphatic heterocycles. The van der Waals surface area contributed by atoms with Crippen LogP contribution in [0.5, 0.6) is 5.75 Å². The van der Waals surface area contributed by atoms with Crippen LogP contribution in [0.1, 0.15) is 41.0 Å². The monoisotopic (exact) mass is 504 g/mol. The third-order valence-electron chi connectivity index (χ3n) is 5.40. The molecule has 2 aromatic carbocycles. The average molecular weight is 505 g/mol. The first-order valence-electron chi connectivity index (χ1n) is 11.1. The number of rotatable bonds is 9. The van der Waals surface area contributed by atoms with Crippen molar-refractivity contribution in [1.29, 1.82) is 0 Å². The second-order valence-electron chi connectivity index (χ2n) is 7.93. The number of nitrogens with zero attached hydrogens (tertiary/aromatic N) is 3. The number of benzene rings is 2. The van der Waals surface area contributed by atoms with E-state index in [1.54, 1.807) is 35.9 Å². The lowest BCUT2D eigenvalue weighted by Crippen LogP contribution is -2.24. The van der Waals surface area contributed by atoms with E-state index in [1.165, 1.54) is 0 Å². The Morgan fingerprint density at radius 2 is 2.06 bits per heavy atom. The molecule has 4 rings (SSSR count). The SMILES string of the molecule is Cc1c(C(=O)Nc2cccc(OCCOC3CCCCO3)c2)nnn1Cc1ccc(Cl)c(Cl)c1. The number of halogens is 2. The lowest BCUT2D eigenvalue weighted by Gasteiger charge is -2.22. The van der Waals surface area contributed by atoms with Crippen molar-refractivity contribution in [3.8, 4) is 5.75 Å². The van der Waals surface area contributed by atoms with E-state index in [4.69, 9.17) is 37.4 Å². The van der Waals surface area contributed by atoms with Crippen LogP contribution in [0.3, 0.4) is 0 Å². The van der Waals surface area contributed by atoms with Crippen molar-refractivity contribution >= 4 is 34.8 Å². The smallest absolute Gasteiger partial charge is 0.278 e. The molecule has 1 saturated heterocycles. The lowest BCUT2D eigenvalue weighted by atomic mass is 10.2. The average Bonchev–Trinajstić information content (AvgIpc) is 3.20. The van der Waals surface area contributed by atoms with Gasteiger partial charge in [-0.25, -0.2) is 4.68 Å². The fourth-order valence-corrected chi connectivity index (χ4v) is 3.89. The van der Waals surface area contributed by atoms with Gasteiger partial charge in [-0.1, -0.05) is 40.5 Å². The molecule has 34 heavy (non-hydrogen) atoms. The summed E-state index contributed by atoms with van der Waals surface area (Å²) in [6.07, 6.45) is 2.98. The van der Waals surface area contributed by atoms with Crippen molar-refractivity contribution in [2.24, 2.45) is 0 Å². The fraction of sp³-hybridized carbons (Fsp3) is 0.375. The van der Waals surface area contributed by atoms with E-state index in [0.29, 0.717) is 46.9 Å². The van der Waals surface area contributed by atoms with Crippen molar-refractivity contribution in [2.75, 3.05) is 25.1 Å². The number of nitrogens with one attached hydrogen (secondary N) is 1. The summed E-state index contributed by atoms with van der Waals surface area (Å²) >= 11 is 12.1. The van der Waals surface area contributed by atoms with Gasteiger partial charge in [0.25, 0.3) is 5.91 Å². The molecule has 180 valence electrons. The normalized spacial score (nSPS) is 15.8. The topological polar surface area (TPSA) is 87.5 Å². The summed E-state index contributed by atoms with van der Waals surface area (Å²) in [5.41, 5.74) is 2.38. The van der Waals surface area contributed by atoms with Crippen molar-refractivity contribution in [2.45, 2.75) is 39.0 Å². The number of carbonyl (C=O) groups is 1. The van der Waals surface area contributed by atoms with E-state index in [-0.39, 0.29) is 17.9 Å². The van der Waals surface area contributed by atoms with Crippen LogP contribution in [0.4, 0.5) is 5.69 Å². The van der Waals surface area contributed by atoms with Crippen LogP contribution in [0.15, 0.2) is 42.5 Å². The molecule has 0 radical (unpaired) electrons. The maximum absolute atomic E-state index is 12.8. The summed E-state index contributed by atoms with van der Waals surface area (Å²) in [6.45, 7) is 3.78. The van der Waals surface area contributed by atoms with Gasteiger partial charge in [-0.05, 0) is 56.0 Å². The summed E-state index contributed by atoms with van der Waals surface area (Å²) in [6, 6.07) is 12.5. The van der Waals surface area contributed by atoms with Crippen molar-refractivity contribution in [3.63, 3.8) is 0 Å². The van der Waals surface area contributed by atoms with E-state index in [9.17, 15) is 4.79 Å². The van der Waals surface area contributed by atoms with Crippen LogP contribution < -0.4 is 10.1 Å². The lowest BCUT2D eigenvalue weighted by molar-refractivity contribution is -0.165. The Hall–Kier alpha value is -2.65. The number of hydrogen-bond donors (Lipinski definition) is 1. The molecule has 2 heterocycles. The van der Waals surface area contributed by atoms with Gasteiger partial charge in [0.1, 0.15) is 12.4 Å². The second kappa shape index (κ2) is 11.7.